The lowest BCUT2D eigenvalue weighted by Gasteiger charge is -2.36. The summed E-state index contributed by atoms with van der Waals surface area (Å²) in [7, 11) is 0. The second-order valence-electron chi connectivity index (χ2n) is 8.57. The first-order valence-corrected chi connectivity index (χ1v) is 10.6. The van der Waals surface area contributed by atoms with Gasteiger partial charge in [0.05, 0.1) is 23.9 Å². The van der Waals surface area contributed by atoms with Crippen molar-refractivity contribution in [2.75, 3.05) is 13.1 Å². The van der Waals surface area contributed by atoms with Crippen LogP contribution in [0.3, 0.4) is 0 Å². The van der Waals surface area contributed by atoms with Gasteiger partial charge in [0.1, 0.15) is 0 Å². The number of aryl methyl sites for hydroxylation is 1. The summed E-state index contributed by atoms with van der Waals surface area (Å²) in [5, 5.41) is 13.8. The van der Waals surface area contributed by atoms with Gasteiger partial charge in [-0.2, -0.15) is 5.10 Å². The molecule has 0 radical (unpaired) electrons. The predicted octanol–water partition coefficient (Wildman–Crippen LogP) is 3.58. The van der Waals surface area contributed by atoms with Crippen LogP contribution >= 0.6 is 0 Å². The largest absolute Gasteiger partial charge is 0.481 e. The van der Waals surface area contributed by atoms with E-state index < -0.39 is 5.97 Å². The number of likely N-dealkylation sites (tertiary alicyclic amines) is 1. The topological polar surface area (TPSA) is 75.4 Å². The van der Waals surface area contributed by atoms with Crippen molar-refractivity contribution in [1.82, 2.24) is 14.7 Å². The molecule has 3 heterocycles. The van der Waals surface area contributed by atoms with Gasteiger partial charge in [-0.3, -0.25) is 14.3 Å². The van der Waals surface area contributed by atoms with E-state index in [0.717, 1.165) is 49.0 Å². The third-order valence-electron chi connectivity index (χ3n) is 6.57. The number of rotatable bonds is 5. The average molecular weight is 396 g/mol. The highest BCUT2D eigenvalue weighted by Gasteiger charge is 2.32. The molecule has 1 amide bonds. The van der Waals surface area contributed by atoms with Crippen molar-refractivity contribution in [2.24, 2.45) is 11.8 Å². The van der Waals surface area contributed by atoms with Gasteiger partial charge in [0, 0.05) is 19.6 Å². The first-order chi connectivity index (χ1) is 14.0. The number of nitrogens with zero attached hydrogens (tertiary/aromatic N) is 3. The molecule has 6 nitrogen and oxygen atoms in total. The van der Waals surface area contributed by atoms with Gasteiger partial charge in [-0.15, -0.1) is 0 Å². The van der Waals surface area contributed by atoms with E-state index in [1.807, 2.05) is 39.9 Å². The monoisotopic (exact) mass is 395 g/mol. The Bertz CT molecular complexity index is 869. The molecule has 1 N–H and O–H groups in total. The summed E-state index contributed by atoms with van der Waals surface area (Å²) >= 11 is 0. The highest BCUT2D eigenvalue weighted by molar-refractivity contribution is 5.95. The molecule has 29 heavy (non-hydrogen) atoms. The summed E-state index contributed by atoms with van der Waals surface area (Å²) in [5.74, 6) is 0.166. The van der Waals surface area contributed by atoms with Crippen LogP contribution in [-0.4, -0.2) is 44.8 Å². The number of fused-ring (bicyclic) bond motifs is 1. The fraction of sp³-hybridized carbons (Fsp3) is 0.522. The number of hydrogen-bond acceptors (Lipinski definition) is 3. The lowest BCUT2D eigenvalue weighted by molar-refractivity contribution is -0.137. The minimum atomic E-state index is -0.766. The van der Waals surface area contributed by atoms with Crippen molar-refractivity contribution in [1.29, 1.82) is 0 Å². The Balaban J connectivity index is 1.44. The molecule has 1 aromatic carbocycles. The highest BCUT2D eigenvalue weighted by atomic mass is 16.4. The van der Waals surface area contributed by atoms with Crippen molar-refractivity contribution in [2.45, 2.75) is 51.5 Å². The van der Waals surface area contributed by atoms with E-state index in [2.05, 4.69) is 12.0 Å². The maximum Gasteiger partial charge on any atom is 0.303 e. The number of carbonyl (C=O) groups excluding carboxylic acids is 1. The van der Waals surface area contributed by atoms with E-state index in [9.17, 15) is 14.7 Å². The molecular weight excluding hydrogens is 366 g/mol. The highest BCUT2D eigenvalue weighted by Crippen LogP contribution is 2.36. The van der Waals surface area contributed by atoms with Gasteiger partial charge >= 0.3 is 5.97 Å². The Morgan fingerprint density at radius 2 is 1.86 bits per heavy atom. The standard InChI is InChI=1S/C23H29N3O3/c1-16-7-12-26-21(13-16)20(15-24-26)23(29)25-10-8-18(9-11-25)19(14-22(27)28)17-5-3-2-4-6-17/h2-6,15-16,18-19H,7-14H2,1H3,(H,27,28). The molecule has 2 atom stereocenters. The van der Waals surface area contributed by atoms with Crippen LogP contribution in [-0.2, 0) is 17.8 Å². The zero-order valence-corrected chi connectivity index (χ0v) is 17.0. The van der Waals surface area contributed by atoms with Crippen LogP contribution in [0.15, 0.2) is 36.5 Å². The second-order valence-corrected chi connectivity index (χ2v) is 8.57. The molecule has 1 saturated heterocycles. The Hall–Kier alpha value is -2.63. The Morgan fingerprint density at radius 3 is 2.55 bits per heavy atom. The van der Waals surface area contributed by atoms with E-state index >= 15 is 0 Å². The number of amides is 1. The summed E-state index contributed by atoms with van der Waals surface area (Å²) in [6.07, 6.45) is 5.55. The van der Waals surface area contributed by atoms with Gasteiger partial charge < -0.3 is 10.0 Å². The number of aromatic nitrogens is 2. The van der Waals surface area contributed by atoms with Gasteiger partial charge in [-0.1, -0.05) is 37.3 Å². The Kier molecular flexibility index (Phi) is 5.69. The number of carbonyl (C=O) groups is 2. The number of benzene rings is 1. The van der Waals surface area contributed by atoms with Crippen LogP contribution in [0.1, 0.15) is 60.1 Å². The van der Waals surface area contributed by atoms with Crippen molar-refractivity contribution >= 4 is 11.9 Å². The first kappa shape index (κ1) is 19.7. The zero-order chi connectivity index (χ0) is 20.4. The van der Waals surface area contributed by atoms with Gasteiger partial charge in [0.2, 0.25) is 0 Å². The number of aliphatic carboxylic acids is 1. The summed E-state index contributed by atoms with van der Waals surface area (Å²) in [6.45, 7) is 4.46. The van der Waals surface area contributed by atoms with E-state index in [-0.39, 0.29) is 24.2 Å². The van der Waals surface area contributed by atoms with E-state index in [0.29, 0.717) is 19.0 Å². The van der Waals surface area contributed by atoms with Crippen LogP contribution in [0.2, 0.25) is 0 Å². The van der Waals surface area contributed by atoms with Gasteiger partial charge in [-0.05, 0) is 49.0 Å². The summed E-state index contributed by atoms with van der Waals surface area (Å²) < 4.78 is 1.98. The number of carboxylic acid groups (broad SMARTS) is 1. The van der Waals surface area contributed by atoms with Crippen molar-refractivity contribution in [3.63, 3.8) is 0 Å². The molecule has 2 aromatic rings. The fourth-order valence-corrected chi connectivity index (χ4v) is 4.89. The van der Waals surface area contributed by atoms with Gasteiger partial charge in [-0.25, -0.2) is 0 Å². The van der Waals surface area contributed by atoms with Crippen molar-refractivity contribution in [3.05, 3.63) is 53.3 Å². The average Bonchev–Trinajstić information content (AvgIpc) is 3.15. The normalized spacial score (nSPS) is 20.9. The van der Waals surface area contributed by atoms with Crippen molar-refractivity contribution < 1.29 is 14.7 Å². The Morgan fingerprint density at radius 1 is 1.14 bits per heavy atom. The van der Waals surface area contributed by atoms with Crippen LogP contribution in [0, 0.1) is 11.8 Å². The third kappa shape index (κ3) is 4.21. The molecule has 154 valence electrons. The SMILES string of the molecule is CC1CCn2ncc(C(=O)N3CCC(C(CC(=O)O)c4ccccc4)CC3)c2C1. The van der Waals surface area contributed by atoms with E-state index in [1.165, 1.54) is 0 Å². The molecule has 4 rings (SSSR count). The number of hydrogen-bond donors (Lipinski definition) is 1. The summed E-state index contributed by atoms with van der Waals surface area (Å²) in [6, 6.07) is 9.92. The quantitative estimate of drug-likeness (QED) is 0.840. The van der Waals surface area contributed by atoms with Crippen LogP contribution in [0.25, 0.3) is 0 Å². The lowest BCUT2D eigenvalue weighted by Crippen LogP contribution is -2.40. The molecule has 0 bridgehead atoms. The maximum absolute atomic E-state index is 13.1. The number of piperidine rings is 1. The van der Waals surface area contributed by atoms with Gasteiger partial charge in [0.25, 0.3) is 5.91 Å². The molecule has 2 aliphatic heterocycles. The zero-order valence-electron chi connectivity index (χ0n) is 17.0. The van der Waals surface area contributed by atoms with E-state index in [4.69, 9.17) is 0 Å². The molecule has 2 unspecified atom stereocenters. The van der Waals surface area contributed by atoms with Crippen LogP contribution in [0.4, 0.5) is 0 Å². The molecular formula is C23H29N3O3. The molecule has 1 aromatic heterocycles. The molecule has 1 fully saturated rings. The van der Waals surface area contributed by atoms with Crippen molar-refractivity contribution in [3.8, 4) is 0 Å². The summed E-state index contributed by atoms with van der Waals surface area (Å²) in [5.41, 5.74) is 2.91. The minimum absolute atomic E-state index is 0.00397. The van der Waals surface area contributed by atoms with Gasteiger partial charge in [0.15, 0.2) is 0 Å². The lowest BCUT2D eigenvalue weighted by atomic mass is 9.78. The predicted molar refractivity (Wildman–Crippen MR) is 110 cm³/mol. The third-order valence-corrected chi connectivity index (χ3v) is 6.57. The maximum atomic E-state index is 13.1. The Labute approximate surface area is 171 Å². The smallest absolute Gasteiger partial charge is 0.303 e. The molecule has 2 aliphatic rings. The second kappa shape index (κ2) is 8.39. The molecule has 0 saturated carbocycles. The van der Waals surface area contributed by atoms with E-state index in [1.54, 1.807) is 6.20 Å². The fourth-order valence-electron chi connectivity index (χ4n) is 4.89. The molecule has 6 heteroatoms. The number of carboxylic acids is 1. The van der Waals surface area contributed by atoms with Crippen LogP contribution < -0.4 is 0 Å². The summed E-state index contributed by atoms with van der Waals surface area (Å²) in [4.78, 5) is 26.5. The minimum Gasteiger partial charge on any atom is -0.481 e. The van der Waals surface area contributed by atoms with Crippen LogP contribution in [0.5, 0.6) is 0 Å². The molecule has 0 aliphatic carbocycles. The first-order valence-electron chi connectivity index (χ1n) is 10.6. The molecule has 0 spiro atoms.